The molecule has 0 fully saturated rings. The van der Waals surface area contributed by atoms with Gasteiger partial charge < -0.3 is 14.8 Å². The summed E-state index contributed by atoms with van der Waals surface area (Å²) in [5.41, 5.74) is 2.47. The minimum absolute atomic E-state index is 0.116. The Morgan fingerprint density at radius 3 is 2.14 bits per heavy atom. The average Bonchev–Trinajstić information content (AvgIpc) is 3.31. The van der Waals surface area contributed by atoms with Crippen LogP contribution in [-0.2, 0) is 27.5 Å². The molecule has 1 heterocycles. The first-order chi connectivity index (χ1) is 17.2. The monoisotopic (exact) mass is 538 g/mol. The van der Waals surface area contributed by atoms with Crippen LogP contribution in [-0.4, -0.2) is 34.4 Å². The second-order valence-electron chi connectivity index (χ2n) is 10.3. The number of imidazole rings is 1. The van der Waals surface area contributed by atoms with Crippen LogP contribution in [0.4, 0.5) is 0 Å². The fourth-order valence-corrected chi connectivity index (χ4v) is 5.75. The first-order valence-electron chi connectivity index (χ1n) is 11.9. The molecule has 0 aliphatic carbocycles. The van der Waals surface area contributed by atoms with Crippen molar-refractivity contribution in [3.05, 3.63) is 101 Å². The number of halogens is 1. The predicted octanol–water partition coefficient (Wildman–Crippen LogP) is 5.64. The zero-order chi connectivity index (χ0) is 27.2. The van der Waals surface area contributed by atoms with Crippen molar-refractivity contribution in [2.45, 2.75) is 50.2 Å². The predicted molar refractivity (Wildman–Crippen MR) is 147 cm³/mol. The number of nitrogens with zero attached hydrogens (tertiary/aromatic N) is 2. The van der Waals surface area contributed by atoms with Crippen LogP contribution < -0.4 is 0 Å². The molecule has 0 saturated carbocycles. The van der Waals surface area contributed by atoms with Crippen molar-refractivity contribution in [3.8, 4) is 16.8 Å². The standard InChI is InChI=1S/C29H31ClN2O4S/c1-28(2,23-8-6-7-9-24(23)30)27-31-26(29(3,4)34)17-32(27)22-14-12-19(13-15-22)20-10-11-21(18-33)25(16-20)37(5,35)36/h6-17,33-34H,18H2,1-5H3. The van der Waals surface area contributed by atoms with Crippen LogP contribution in [0, 0.1) is 0 Å². The molecule has 0 aliphatic rings. The number of aliphatic hydroxyl groups is 2. The summed E-state index contributed by atoms with van der Waals surface area (Å²) < 4.78 is 26.4. The van der Waals surface area contributed by atoms with Crippen molar-refractivity contribution in [2.75, 3.05) is 6.26 Å². The van der Waals surface area contributed by atoms with Crippen LogP contribution >= 0.6 is 11.6 Å². The topological polar surface area (TPSA) is 92.4 Å². The van der Waals surface area contributed by atoms with Gasteiger partial charge in [-0.15, -0.1) is 0 Å². The maximum atomic E-state index is 12.2. The molecule has 3 aromatic carbocycles. The van der Waals surface area contributed by atoms with Gasteiger partial charge in [0.15, 0.2) is 9.84 Å². The molecular weight excluding hydrogens is 508 g/mol. The normalized spacial score (nSPS) is 12.6. The van der Waals surface area contributed by atoms with Crippen LogP contribution in [0.25, 0.3) is 16.8 Å². The number of aliphatic hydroxyl groups excluding tert-OH is 1. The molecule has 8 heteroatoms. The van der Waals surface area contributed by atoms with Crippen molar-refractivity contribution in [2.24, 2.45) is 0 Å². The summed E-state index contributed by atoms with van der Waals surface area (Å²) in [6, 6.07) is 20.3. The van der Waals surface area contributed by atoms with Gasteiger partial charge in [0.2, 0.25) is 0 Å². The van der Waals surface area contributed by atoms with E-state index in [1.54, 1.807) is 32.0 Å². The Morgan fingerprint density at radius 1 is 0.946 bits per heavy atom. The molecule has 0 unspecified atom stereocenters. The first-order valence-corrected chi connectivity index (χ1v) is 14.1. The van der Waals surface area contributed by atoms with E-state index in [0.717, 1.165) is 34.5 Å². The molecule has 2 N–H and O–H groups in total. The van der Waals surface area contributed by atoms with Gasteiger partial charge in [-0.1, -0.05) is 54.1 Å². The molecule has 194 valence electrons. The largest absolute Gasteiger partial charge is 0.392 e. The summed E-state index contributed by atoms with van der Waals surface area (Å²) in [5.74, 6) is 0.720. The molecular formula is C29H31ClN2O4S. The maximum absolute atomic E-state index is 12.2. The lowest BCUT2D eigenvalue weighted by Gasteiger charge is -2.27. The molecule has 0 spiro atoms. The third-order valence-corrected chi connectivity index (χ3v) is 8.06. The summed E-state index contributed by atoms with van der Waals surface area (Å²) in [4.78, 5) is 4.96. The second-order valence-corrected chi connectivity index (χ2v) is 12.7. The molecule has 0 saturated heterocycles. The van der Waals surface area contributed by atoms with Gasteiger partial charge >= 0.3 is 0 Å². The molecule has 4 rings (SSSR count). The molecule has 6 nitrogen and oxygen atoms in total. The number of aromatic nitrogens is 2. The van der Waals surface area contributed by atoms with Gasteiger partial charge in [0.25, 0.3) is 0 Å². The number of sulfone groups is 1. The van der Waals surface area contributed by atoms with Gasteiger partial charge in [-0.25, -0.2) is 13.4 Å². The molecule has 0 atom stereocenters. The number of rotatable bonds is 7. The minimum atomic E-state index is -3.50. The third-order valence-electron chi connectivity index (χ3n) is 6.55. The zero-order valence-corrected chi connectivity index (χ0v) is 23.1. The fourth-order valence-electron chi connectivity index (χ4n) is 4.43. The molecule has 0 aliphatic heterocycles. The Hall–Kier alpha value is -2.97. The highest BCUT2D eigenvalue weighted by atomic mass is 35.5. The summed E-state index contributed by atoms with van der Waals surface area (Å²) in [7, 11) is -3.50. The molecule has 1 aromatic heterocycles. The van der Waals surface area contributed by atoms with Crippen LogP contribution in [0.1, 0.15) is 50.3 Å². The van der Waals surface area contributed by atoms with E-state index < -0.39 is 20.9 Å². The number of hydrogen-bond acceptors (Lipinski definition) is 5. The van der Waals surface area contributed by atoms with Crippen LogP contribution in [0.15, 0.2) is 77.8 Å². The van der Waals surface area contributed by atoms with E-state index in [-0.39, 0.29) is 11.5 Å². The smallest absolute Gasteiger partial charge is 0.175 e. The first kappa shape index (κ1) is 27.1. The Labute approximate surface area is 223 Å². The lowest BCUT2D eigenvalue weighted by atomic mass is 9.83. The van der Waals surface area contributed by atoms with Crippen molar-refractivity contribution in [3.63, 3.8) is 0 Å². The highest BCUT2D eigenvalue weighted by Crippen LogP contribution is 2.38. The Kier molecular flexibility index (Phi) is 7.12. The number of benzene rings is 3. The Bertz CT molecular complexity index is 1550. The van der Waals surface area contributed by atoms with Gasteiger partial charge in [0.1, 0.15) is 11.4 Å². The van der Waals surface area contributed by atoms with E-state index >= 15 is 0 Å². The SMILES string of the molecule is CC(C)(O)c1cn(-c2ccc(-c3ccc(CO)c(S(C)(=O)=O)c3)cc2)c(C(C)(C)c2ccccc2Cl)n1. The van der Waals surface area contributed by atoms with E-state index in [1.165, 1.54) is 0 Å². The summed E-state index contributed by atoms with van der Waals surface area (Å²) in [5, 5.41) is 20.9. The second kappa shape index (κ2) is 9.72. The molecule has 37 heavy (non-hydrogen) atoms. The maximum Gasteiger partial charge on any atom is 0.175 e. The van der Waals surface area contributed by atoms with E-state index in [1.807, 2.05) is 73.1 Å². The molecule has 0 bridgehead atoms. The van der Waals surface area contributed by atoms with E-state index in [0.29, 0.717) is 16.3 Å². The average molecular weight is 539 g/mol. The van der Waals surface area contributed by atoms with Crippen molar-refractivity contribution in [1.29, 1.82) is 0 Å². The summed E-state index contributed by atoms with van der Waals surface area (Å²) in [6.07, 6.45) is 2.97. The van der Waals surface area contributed by atoms with Crippen LogP contribution in [0.5, 0.6) is 0 Å². The van der Waals surface area contributed by atoms with Gasteiger partial charge in [-0.2, -0.15) is 0 Å². The van der Waals surface area contributed by atoms with Gasteiger partial charge in [-0.05, 0) is 74.2 Å². The Balaban J connectivity index is 1.82. The van der Waals surface area contributed by atoms with Crippen molar-refractivity contribution < 1.29 is 18.6 Å². The lowest BCUT2D eigenvalue weighted by Crippen LogP contribution is -2.25. The lowest BCUT2D eigenvalue weighted by molar-refractivity contribution is 0.0740. The highest BCUT2D eigenvalue weighted by molar-refractivity contribution is 7.90. The number of hydrogen-bond donors (Lipinski definition) is 2. The molecule has 0 amide bonds. The van der Waals surface area contributed by atoms with Gasteiger partial charge in [0.05, 0.1) is 17.2 Å². The zero-order valence-electron chi connectivity index (χ0n) is 21.5. The minimum Gasteiger partial charge on any atom is -0.392 e. The van der Waals surface area contributed by atoms with E-state index in [2.05, 4.69) is 0 Å². The van der Waals surface area contributed by atoms with E-state index in [9.17, 15) is 18.6 Å². The third kappa shape index (κ3) is 5.36. The van der Waals surface area contributed by atoms with Crippen LogP contribution in [0.2, 0.25) is 5.02 Å². The van der Waals surface area contributed by atoms with Gasteiger partial charge in [-0.3, -0.25) is 0 Å². The molecule has 4 aromatic rings. The van der Waals surface area contributed by atoms with Gasteiger partial charge in [0, 0.05) is 28.6 Å². The summed E-state index contributed by atoms with van der Waals surface area (Å²) in [6.45, 7) is 7.14. The Morgan fingerprint density at radius 2 is 1.57 bits per heavy atom. The fraction of sp³-hybridized carbons (Fsp3) is 0.276. The highest BCUT2D eigenvalue weighted by Gasteiger charge is 2.33. The van der Waals surface area contributed by atoms with E-state index in [4.69, 9.17) is 16.6 Å². The quantitative estimate of drug-likeness (QED) is 0.317. The summed E-state index contributed by atoms with van der Waals surface area (Å²) >= 11 is 6.56. The molecule has 0 radical (unpaired) electrons. The van der Waals surface area contributed by atoms with Crippen molar-refractivity contribution in [1.82, 2.24) is 9.55 Å². The van der Waals surface area contributed by atoms with Crippen LogP contribution in [0.3, 0.4) is 0 Å². The van der Waals surface area contributed by atoms with Crippen molar-refractivity contribution >= 4 is 21.4 Å².